The molecule has 0 aromatic heterocycles. The van der Waals surface area contributed by atoms with Crippen molar-refractivity contribution in [2.45, 2.75) is 26.3 Å². The van der Waals surface area contributed by atoms with Crippen LogP contribution in [-0.2, 0) is 0 Å². The highest BCUT2D eigenvalue weighted by atomic mass is 19.1. The van der Waals surface area contributed by atoms with Crippen molar-refractivity contribution in [3.05, 3.63) is 35.4 Å². The Morgan fingerprint density at radius 2 is 2.11 bits per heavy atom. The number of halogens is 2. The highest BCUT2D eigenvalue weighted by Crippen LogP contribution is 2.09. The third-order valence-corrected chi connectivity index (χ3v) is 3.27. The van der Waals surface area contributed by atoms with Gasteiger partial charge >= 0.3 is 0 Å². The van der Waals surface area contributed by atoms with Gasteiger partial charge in [-0.25, -0.2) is 8.78 Å². The zero-order valence-corrected chi connectivity index (χ0v) is 11.5. The van der Waals surface area contributed by atoms with E-state index in [1.807, 2.05) is 7.05 Å². The summed E-state index contributed by atoms with van der Waals surface area (Å²) in [4.78, 5) is 13.8. The second-order valence-corrected chi connectivity index (χ2v) is 4.62. The number of hydrogen-bond acceptors (Lipinski definition) is 2. The van der Waals surface area contributed by atoms with Gasteiger partial charge in [-0.15, -0.1) is 0 Å². The van der Waals surface area contributed by atoms with Gasteiger partial charge in [-0.3, -0.25) is 4.79 Å². The minimum atomic E-state index is -0.840. The second kappa shape index (κ2) is 7.19. The van der Waals surface area contributed by atoms with Crippen molar-refractivity contribution in [2.75, 3.05) is 20.1 Å². The van der Waals surface area contributed by atoms with E-state index in [0.717, 1.165) is 18.6 Å². The summed E-state index contributed by atoms with van der Waals surface area (Å²) >= 11 is 0. The van der Waals surface area contributed by atoms with Crippen molar-refractivity contribution < 1.29 is 13.6 Å². The van der Waals surface area contributed by atoms with Gasteiger partial charge in [0.2, 0.25) is 0 Å². The van der Waals surface area contributed by atoms with E-state index in [1.54, 1.807) is 0 Å². The Bertz CT molecular complexity index is 437. The van der Waals surface area contributed by atoms with Gasteiger partial charge in [-0.2, -0.15) is 0 Å². The highest BCUT2D eigenvalue weighted by molar-refractivity contribution is 5.94. The number of benzene rings is 1. The van der Waals surface area contributed by atoms with Crippen LogP contribution in [0.3, 0.4) is 0 Å². The molecule has 1 N–H and O–H groups in total. The minimum absolute atomic E-state index is 0.132. The normalized spacial score (nSPS) is 12.5. The lowest BCUT2D eigenvalue weighted by molar-refractivity contribution is 0.0943. The summed E-state index contributed by atoms with van der Waals surface area (Å²) in [6.07, 6.45) is 1.02. The first-order chi connectivity index (χ1) is 8.95. The van der Waals surface area contributed by atoms with Crippen molar-refractivity contribution in [1.29, 1.82) is 0 Å². The van der Waals surface area contributed by atoms with E-state index in [0.29, 0.717) is 25.2 Å². The Labute approximate surface area is 112 Å². The minimum Gasteiger partial charge on any atom is -0.351 e. The number of nitrogens with one attached hydrogen (secondary N) is 1. The van der Waals surface area contributed by atoms with Crippen molar-refractivity contribution in [3.63, 3.8) is 0 Å². The van der Waals surface area contributed by atoms with Crippen LogP contribution in [0.5, 0.6) is 0 Å². The molecule has 106 valence electrons. The third-order valence-electron chi connectivity index (χ3n) is 3.27. The summed E-state index contributed by atoms with van der Waals surface area (Å²) in [5.74, 6) is -2.05. The van der Waals surface area contributed by atoms with Crippen LogP contribution in [0.25, 0.3) is 0 Å². The van der Waals surface area contributed by atoms with Crippen molar-refractivity contribution in [2.24, 2.45) is 0 Å². The first-order valence-electron chi connectivity index (χ1n) is 6.39. The molecule has 0 spiro atoms. The summed E-state index contributed by atoms with van der Waals surface area (Å²) in [6, 6.07) is 3.36. The Morgan fingerprint density at radius 3 is 2.68 bits per heavy atom. The SMILES string of the molecule is CC[C@H](C)N(C)CCNC(=O)c1ccc(F)cc1F. The Kier molecular flexibility index (Phi) is 5.89. The summed E-state index contributed by atoms with van der Waals surface area (Å²) in [5, 5.41) is 2.63. The van der Waals surface area contributed by atoms with Crippen molar-refractivity contribution in [3.8, 4) is 0 Å². The third kappa shape index (κ3) is 4.59. The van der Waals surface area contributed by atoms with Crippen LogP contribution in [0, 0.1) is 11.6 Å². The average Bonchev–Trinajstić information content (AvgIpc) is 2.37. The number of carbonyl (C=O) groups excluding carboxylic acids is 1. The predicted octanol–water partition coefficient (Wildman–Crippen LogP) is 2.42. The van der Waals surface area contributed by atoms with Crippen LogP contribution in [0.4, 0.5) is 8.78 Å². The van der Waals surface area contributed by atoms with E-state index < -0.39 is 17.5 Å². The Hall–Kier alpha value is -1.49. The maximum absolute atomic E-state index is 13.4. The smallest absolute Gasteiger partial charge is 0.254 e. The maximum atomic E-state index is 13.4. The molecule has 5 heteroatoms. The van der Waals surface area contributed by atoms with Crippen LogP contribution < -0.4 is 5.32 Å². The van der Waals surface area contributed by atoms with Gasteiger partial charge in [0.15, 0.2) is 0 Å². The van der Waals surface area contributed by atoms with Gasteiger partial charge in [0.05, 0.1) is 5.56 Å². The molecule has 3 nitrogen and oxygen atoms in total. The lowest BCUT2D eigenvalue weighted by Gasteiger charge is -2.23. The molecule has 1 aromatic carbocycles. The maximum Gasteiger partial charge on any atom is 0.254 e. The highest BCUT2D eigenvalue weighted by Gasteiger charge is 2.12. The van der Waals surface area contributed by atoms with E-state index in [9.17, 15) is 13.6 Å². The molecule has 0 fully saturated rings. The molecule has 0 heterocycles. The van der Waals surface area contributed by atoms with E-state index in [2.05, 4.69) is 24.1 Å². The Balaban J connectivity index is 2.47. The molecule has 0 aliphatic rings. The van der Waals surface area contributed by atoms with E-state index in [-0.39, 0.29) is 5.56 Å². The van der Waals surface area contributed by atoms with Crippen LogP contribution in [-0.4, -0.2) is 37.0 Å². The number of rotatable bonds is 6. The lowest BCUT2D eigenvalue weighted by atomic mass is 10.2. The first kappa shape index (κ1) is 15.6. The fraction of sp³-hybridized carbons (Fsp3) is 0.500. The monoisotopic (exact) mass is 270 g/mol. The molecule has 19 heavy (non-hydrogen) atoms. The molecule has 1 atom stereocenters. The molecule has 0 bridgehead atoms. The van der Waals surface area contributed by atoms with Crippen LogP contribution in [0.1, 0.15) is 30.6 Å². The van der Waals surface area contributed by atoms with E-state index >= 15 is 0 Å². The fourth-order valence-corrected chi connectivity index (χ4v) is 1.65. The summed E-state index contributed by atoms with van der Waals surface area (Å²) in [5.41, 5.74) is -0.132. The largest absolute Gasteiger partial charge is 0.351 e. The number of nitrogens with zero attached hydrogens (tertiary/aromatic N) is 1. The molecular weight excluding hydrogens is 250 g/mol. The van der Waals surface area contributed by atoms with Crippen molar-refractivity contribution in [1.82, 2.24) is 10.2 Å². The topological polar surface area (TPSA) is 32.3 Å². The van der Waals surface area contributed by atoms with Gasteiger partial charge in [0.25, 0.3) is 5.91 Å². The molecule has 1 aromatic rings. The molecule has 1 rings (SSSR count). The van der Waals surface area contributed by atoms with Gasteiger partial charge in [0, 0.05) is 25.2 Å². The molecule has 0 saturated carbocycles. The molecular formula is C14H20F2N2O. The van der Waals surface area contributed by atoms with Gasteiger partial charge in [0.1, 0.15) is 11.6 Å². The van der Waals surface area contributed by atoms with Gasteiger partial charge < -0.3 is 10.2 Å². The zero-order chi connectivity index (χ0) is 14.4. The first-order valence-corrected chi connectivity index (χ1v) is 6.39. The molecule has 0 radical (unpaired) electrons. The van der Waals surface area contributed by atoms with Crippen LogP contribution in [0.15, 0.2) is 18.2 Å². The number of hydrogen-bond donors (Lipinski definition) is 1. The lowest BCUT2D eigenvalue weighted by Crippen LogP contribution is -2.37. The molecule has 0 aliphatic heterocycles. The standard InChI is InChI=1S/C14H20F2N2O/c1-4-10(2)18(3)8-7-17-14(19)12-6-5-11(15)9-13(12)16/h5-6,9-10H,4,7-8H2,1-3H3,(H,17,19)/t10-/m0/s1. The van der Waals surface area contributed by atoms with E-state index in [1.165, 1.54) is 0 Å². The summed E-state index contributed by atoms with van der Waals surface area (Å²) < 4.78 is 26.1. The average molecular weight is 270 g/mol. The molecule has 0 unspecified atom stereocenters. The van der Waals surface area contributed by atoms with Crippen LogP contribution in [0.2, 0.25) is 0 Å². The molecule has 1 amide bonds. The van der Waals surface area contributed by atoms with Gasteiger partial charge in [-0.1, -0.05) is 6.92 Å². The second-order valence-electron chi connectivity index (χ2n) is 4.62. The number of likely N-dealkylation sites (N-methyl/N-ethyl adjacent to an activating group) is 1. The number of carbonyl (C=O) groups is 1. The van der Waals surface area contributed by atoms with Gasteiger partial charge in [-0.05, 0) is 32.5 Å². The summed E-state index contributed by atoms with van der Waals surface area (Å²) in [7, 11) is 1.97. The van der Waals surface area contributed by atoms with Crippen molar-refractivity contribution >= 4 is 5.91 Å². The Morgan fingerprint density at radius 1 is 1.42 bits per heavy atom. The zero-order valence-electron chi connectivity index (χ0n) is 11.5. The number of amides is 1. The quantitative estimate of drug-likeness (QED) is 0.861. The predicted molar refractivity (Wildman–Crippen MR) is 71.1 cm³/mol. The van der Waals surface area contributed by atoms with E-state index in [4.69, 9.17) is 0 Å². The molecule has 0 saturated heterocycles. The van der Waals surface area contributed by atoms with Crippen LogP contribution >= 0.6 is 0 Å². The summed E-state index contributed by atoms with van der Waals surface area (Å²) in [6.45, 7) is 5.30. The fourth-order valence-electron chi connectivity index (χ4n) is 1.65. The molecule has 0 aliphatic carbocycles.